The third-order valence-corrected chi connectivity index (χ3v) is 6.69. The minimum Gasteiger partial charge on any atom is -0.0877 e. The monoisotopic (exact) mass is 300 g/mol. The molecule has 2 fully saturated rings. The van der Waals surface area contributed by atoms with Crippen LogP contribution in [-0.2, 0) is 0 Å². The molecule has 0 atom stereocenters. The van der Waals surface area contributed by atoms with Gasteiger partial charge in [0.05, 0.1) is 22.2 Å². The summed E-state index contributed by atoms with van der Waals surface area (Å²) >= 11 is 0. The summed E-state index contributed by atoms with van der Waals surface area (Å²) in [6.45, 7) is 0. The van der Waals surface area contributed by atoms with Crippen molar-refractivity contribution in [1.29, 1.82) is 0 Å². The Morgan fingerprint density at radius 3 is 1.50 bits per heavy atom. The molecule has 0 aliphatic heterocycles. The highest BCUT2D eigenvalue weighted by Gasteiger charge is 2.27. The predicted octanol–water partition coefficient (Wildman–Crippen LogP) is 4.97. The lowest BCUT2D eigenvalue weighted by molar-refractivity contribution is 0.503. The van der Waals surface area contributed by atoms with Gasteiger partial charge in [-0.2, -0.15) is 0 Å². The maximum atomic E-state index is 2.62. The molecular weight excluding hydrogens is 261 g/mol. The largest absolute Gasteiger partial charge is 0.0988 e. The zero-order valence-electron chi connectivity index (χ0n) is 15.5. The Labute approximate surface area is 142 Å². The molecule has 0 heterocycles. The zero-order valence-corrected chi connectivity index (χ0v) is 15.5. The molecule has 0 bridgehead atoms. The van der Waals surface area contributed by atoms with Crippen molar-refractivity contribution in [3.8, 4) is 0 Å². The molecule has 0 aromatic rings. The molecule has 0 unspecified atom stereocenters. The molecule has 0 aromatic heterocycles. The molecule has 3 heteroatoms. The Morgan fingerprint density at radius 2 is 1.00 bits per heavy atom. The molecule has 2 saturated carbocycles. The van der Waals surface area contributed by atoms with Crippen LogP contribution in [0.3, 0.4) is 0 Å². The van der Waals surface area contributed by atoms with Gasteiger partial charge in [-0.25, -0.2) is 0 Å². The van der Waals surface area contributed by atoms with E-state index in [4.69, 9.17) is 0 Å². The smallest absolute Gasteiger partial charge is 0.0877 e. The van der Waals surface area contributed by atoms with Crippen LogP contribution >= 0.6 is 0 Å². The molecule has 124 valence electrons. The zero-order chi connectivity index (χ0) is 15.5. The van der Waals surface area contributed by atoms with Gasteiger partial charge < -0.3 is 0 Å². The second-order valence-electron chi connectivity index (χ2n) is 8.89. The van der Waals surface area contributed by atoms with Crippen molar-refractivity contribution >= 4 is 22.2 Å². The maximum absolute atomic E-state index is 2.62. The third kappa shape index (κ3) is 7.65. The topological polar surface area (TPSA) is 0 Å². The van der Waals surface area contributed by atoms with Crippen molar-refractivity contribution < 1.29 is 0 Å². The quantitative estimate of drug-likeness (QED) is 0.645. The van der Waals surface area contributed by atoms with Gasteiger partial charge in [0.25, 0.3) is 0 Å². The van der Waals surface area contributed by atoms with Crippen LogP contribution in [0.4, 0.5) is 0 Å². The Morgan fingerprint density at radius 1 is 0.591 bits per heavy atom. The van der Waals surface area contributed by atoms with Crippen molar-refractivity contribution in [3.05, 3.63) is 0 Å². The fourth-order valence-corrected chi connectivity index (χ4v) is 4.92. The van der Waals surface area contributed by atoms with Crippen LogP contribution in [0.25, 0.3) is 0 Å². The Kier molecular flexibility index (Phi) is 9.16. The summed E-state index contributed by atoms with van der Waals surface area (Å²) in [5.41, 5.74) is 0. The van der Waals surface area contributed by atoms with E-state index in [1.807, 2.05) is 0 Å². The van der Waals surface area contributed by atoms with Gasteiger partial charge >= 0.3 is 0 Å². The van der Waals surface area contributed by atoms with Gasteiger partial charge in [0, 0.05) is 0 Å². The van der Waals surface area contributed by atoms with Gasteiger partial charge in [0.1, 0.15) is 0 Å². The minimum absolute atomic E-state index is 0.680. The van der Waals surface area contributed by atoms with E-state index in [9.17, 15) is 0 Å². The van der Waals surface area contributed by atoms with Crippen LogP contribution in [0.5, 0.6) is 0 Å². The first-order chi connectivity index (χ1) is 10.8. The molecule has 22 heavy (non-hydrogen) atoms. The number of rotatable bonds is 3. The highest BCUT2D eigenvalue weighted by molar-refractivity contribution is 7.05. The van der Waals surface area contributed by atoms with Crippen molar-refractivity contribution in [1.82, 2.24) is 0 Å². The summed E-state index contributed by atoms with van der Waals surface area (Å²) < 4.78 is 0. The molecular formula is C19H39B3. The van der Waals surface area contributed by atoms with Crippen LogP contribution in [0.15, 0.2) is 0 Å². The second-order valence-corrected chi connectivity index (χ2v) is 8.89. The molecule has 0 nitrogen and oxygen atoms in total. The molecule has 2 aliphatic rings. The summed E-state index contributed by atoms with van der Waals surface area (Å²) in [5.74, 6) is 1.06. The van der Waals surface area contributed by atoms with E-state index in [0.29, 0.717) is 5.21 Å². The van der Waals surface area contributed by atoms with E-state index in [1.54, 1.807) is 0 Å². The molecule has 0 amide bonds. The van der Waals surface area contributed by atoms with E-state index < -0.39 is 0 Å². The molecule has 0 radical (unpaired) electrons. The van der Waals surface area contributed by atoms with Crippen molar-refractivity contribution in [2.45, 2.75) is 120 Å². The van der Waals surface area contributed by atoms with Crippen LogP contribution in [-0.4, -0.2) is 22.2 Å². The van der Waals surface area contributed by atoms with Gasteiger partial charge in [-0.15, -0.1) is 0 Å². The summed E-state index contributed by atoms with van der Waals surface area (Å²) in [6, 6.07) is 0. The molecule has 0 N–H and O–H groups in total. The minimum atomic E-state index is 0.680. The molecule has 0 spiro atoms. The second kappa shape index (κ2) is 10.9. The molecule has 0 aromatic carbocycles. The lowest BCUT2D eigenvalue weighted by atomic mass is 9.19. The molecule has 2 rings (SSSR count). The van der Waals surface area contributed by atoms with Crippen molar-refractivity contribution in [3.63, 3.8) is 0 Å². The normalized spacial score (nSPS) is 26.2. The van der Waals surface area contributed by atoms with Crippen molar-refractivity contribution in [2.75, 3.05) is 0 Å². The lowest BCUT2D eigenvalue weighted by Gasteiger charge is -2.30. The maximum Gasteiger partial charge on any atom is 0.0988 e. The van der Waals surface area contributed by atoms with E-state index in [2.05, 4.69) is 7.85 Å². The summed E-state index contributed by atoms with van der Waals surface area (Å²) in [4.78, 5) is 0. The Balaban J connectivity index is 1.76. The lowest BCUT2D eigenvalue weighted by Crippen LogP contribution is -2.28. The van der Waals surface area contributed by atoms with Gasteiger partial charge in [-0.3, -0.25) is 0 Å². The van der Waals surface area contributed by atoms with Crippen LogP contribution in [0, 0.1) is 0 Å². The number of hydrogen-bond acceptors (Lipinski definition) is 0. The van der Waals surface area contributed by atoms with E-state index >= 15 is 0 Å². The van der Waals surface area contributed by atoms with Gasteiger partial charge in [0.2, 0.25) is 0 Å². The first kappa shape index (κ1) is 18.5. The first-order valence-corrected chi connectivity index (χ1v) is 10.8. The summed E-state index contributed by atoms with van der Waals surface area (Å²) in [7, 11) is 5.69. The average molecular weight is 300 g/mol. The van der Waals surface area contributed by atoms with Crippen LogP contribution in [0.1, 0.15) is 109 Å². The summed E-state index contributed by atoms with van der Waals surface area (Å²) in [5, 5.41) is 0.680. The standard InChI is InChI=1S/C19H39B3/c20-19(16-12-8-4-5-9-13-17-19)22-21-18-14-10-6-2-1-3-7-11-15-18/h18,21-22H,1-17,20H2. The average Bonchev–Trinajstić information content (AvgIpc) is 2.64. The fraction of sp³-hybridized carbons (Fsp3) is 1.00. The molecule has 2 aliphatic carbocycles. The Hall–Kier alpha value is 0.195. The van der Waals surface area contributed by atoms with Crippen LogP contribution < -0.4 is 0 Å². The van der Waals surface area contributed by atoms with Crippen molar-refractivity contribution in [2.24, 2.45) is 0 Å². The summed E-state index contributed by atoms with van der Waals surface area (Å²) in [6.07, 6.45) is 25.7. The van der Waals surface area contributed by atoms with Gasteiger partial charge in [-0.1, -0.05) is 120 Å². The predicted molar refractivity (Wildman–Crippen MR) is 108 cm³/mol. The molecule has 0 saturated heterocycles. The first-order valence-electron chi connectivity index (χ1n) is 10.8. The Bertz CT molecular complexity index is 260. The number of hydrogen-bond donors (Lipinski definition) is 0. The highest BCUT2D eigenvalue weighted by Crippen LogP contribution is 2.37. The highest BCUT2D eigenvalue weighted by atomic mass is 14.1. The SMILES string of the molecule is BC1(BBC2CCCCCCCCC2)CCCCCCCC1. The van der Waals surface area contributed by atoms with Gasteiger partial charge in [-0.05, 0) is 0 Å². The van der Waals surface area contributed by atoms with E-state index in [0.717, 1.165) is 5.82 Å². The van der Waals surface area contributed by atoms with Gasteiger partial charge in [0.15, 0.2) is 0 Å². The fourth-order valence-electron chi connectivity index (χ4n) is 4.92. The third-order valence-electron chi connectivity index (χ3n) is 6.69. The van der Waals surface area contributed by atoms with E-state index in [1.165, 1.54) is 123 Å². The van der Waals surface area contributed by atoms with Crippen LogP contribution in [0.2, 0.25) is 11.0 Å². The van der Waals surface area contributed by atoms with E-state index in [-0.39, 0.29) is 0 Å².